The molecule has 1 aromatic rings. The molecule has 0 bridgehead atoms. The molecule has 7 atom stereocenters. The fraction of sp³-hybridized carbons (Fsp3) is 0.765. The molecule has 6 heteroatoms. The van der Waals surface area contributed by atoms with Crippen LogP contribution in [0, 0.1) is 23.7 Å². The van der Waals surface area contributed by atoms with Crippen molar-refractivity contribution < 1.29 is 28.5 Å². The van der Waals surface area contributed by atoms with Gasteiger partial charge in [-0.15, -0.1) is 0 Å². The second-order valence-corrected chi connectivity index (χ2v) is 13.2. The first-order chi connectivity index (χ1) is 19.6. The maximum Gasteiger partial charge on any atom is 0.338 e. The third-order valence-corrected chi connectivity index (χ3v) is 10.6. The molecular weight excluding hydrogens is 504 g/mol. The van der Waals surface area contributed by atoms with Crippen LogP contribution in [-0.2, 0) is 25.6 Å². The molecule has 3 unspecified atom stereocenters. The highest BCUT2D eigenvalue weighted by Gasteiger charge is 2.38. The average molecular weight is 553 g/mol. The molecule has 1 aromatic carbocycles. The summed E-state index contributed by atoms with van der Waals surface area (Å²) in [7, 11) is 0. The molecule has 40 heavy (non-hydrogen) atoms. The van der Waals surface area contributed by atoms with Gasteiger partial charge in [-0.1, -0.05) is 38.5 Å². The first-order valence-corrected chi connectivity index (χ1v) is 16.4. The number of ether oxygens (including phenoxy) is 4. The summed E-state index contributed by atoms with van der Waals surface area (Å²) in [5.74, 6) is 1.65. The standard InChI is InChI=1S/C34H48O6/c35-33(39-30-15-7-11-24-9-1-3-13-28(24)30)26-19-23(22-38-32-17-5-6-18-37-32)20-27(21-26)34(36)40-31-16-8-12-25-10-2-4-14-29(25)31/h19-21,24-25,28-32H,1-18,22H2/t24-,25-,28-,29-,30?,31?,32?/m1/s1. The molecule has 0 aromatic heterocycles. The van der Waals surface area contributed by atoms with Crippen LogP contribution in [0.2, 0.25) is 0 Å². The Labute approximate surface area is 239 Å². The third-order valence-electron chi connectivity index (χ3n) is 10.6. The Bertz CT molecular complexity index is 945. The van der Waals surface area contributed by atoms with E-state index in [2.05, 4.69) is 0 Å². The van der Waals surface area contributed by atoms with Crippen LogP contribution in [0.3, 0.4) is 0 Å². The normalized spacial score (nSPS) is 34.2. The molecule has 6 rings (SSSR count). The zero-order valence-corrected chi connectivity index (χ0v) is 24.2. The molecular formula is C34H48O6. The van der Waals surface area contributed by atoms with Gasteiger partial charge in [0.25, 0.3) is 0 Å². The maximum absolute atomic E-state index is 13.6. The lowest BCUT2D eigenvalue weighted by Gasteiger charge is -2.40. The van der Waals surface area contributed by atoms with Crippen LogP contribution in [0.5, 0.6) is 0 Å². The van der Waals surface area contributed by atoms with Crippen LogP contribution in [-0.4, -0.2) is 37.0 Å². The predicted molar refractivity (Wildman–Crippen MR) is 152 cm³/mol. The van der Waals surface area contributed by atoms with Crippen LogP contribution < -0.4 is 0 Å². The largest absolute Gasteiger partial charge is 0.458 e. The van der Waals surface area contributed by atoms with Gasteiger partial charge in [-0.05, 0) is 118 Å². The van der Waals surface area contributed by atoms with Crippen molar-refractivity contribution in [3.8, 4) is 0 Å². The quantitative estimate of drug-likeness (QED) is 0.322. The molecule has 6 nitrogen and oxygen atoms in total. The highest BCUT2D eigenvalue weighted by atomic mass is 16.7. The summed E-state index contributed by atoms with van der Waals surface area (Å²) in [5, 5.41) is 0. The molecule has 4 aliphatic carbocycles. The Balaban J connectivity index is 1.18. The first kappa shape index (κ1) is 28.2. The highest BCUT2D eigenvalue weighted by molar-refractivity contribution is 5.95. The summed E-state index contributed by atoms with van der Waals surface area (Å²) in [6.45, 7) is 0.996. The van der Waals surface area contributed by atoms with E-state index in [0.29, 0.717) is 41.4 Å². The van der Waals surface area contributed by atoms with Gasteiger partial charge in [0.2, 0.25) is 0 Å². The first-order valence-electron chi connectivity index (χ1n) is 16.4. The van der Waals surface area contributed by atoms with Crippen molar-refractivity contribution in [3.05, 3.63) is 34.9 Å². The maximum atomic E-state index is 13.6. The molecule has 0 amide bonds. The van der Waals surface area contributed by atoms with E-state index in [1.54, 1.807) is 6.07 Å². The van der Waals surface area contributed by atoms with E-state index in [4.69, 9.17) is 18.9 Å². The summed E-state index contributed by atoms with van der Waals surface area (Å²) in [6.07, 6.45) is 19.2. The van der Waals surface area contributed by atoms with Gasteiger partial charge in [0.1, 0.15) is 12.2 Å². The molecule has 1 aliphatic heterocycles. The zero-order valence-electron chi connectivity index (χ0n) is 24.2. The Morgan fingerprint density at radius 1 is 0.625 bits per heavy atom. The lowest BCUT2D eigenvalue weighted by atomic mass is 9.69. The Hall–Kier alpha value is -1.92. The number of benzene rings is 1. The number of fused-ring (bicyclic) bond motifs is 2. The van der Waals surface area contributed by atoms with E-state index in [1.807, 2.05) is 12.1 Å². The fourth-order valence-corrected chi connectivity index (χ4v) is 8.51. The van der Waals surface area contributed by atoms with Gasteiger partial charge < -0.3 is 18.9 Å². The predicted octanol–water partition coefficient (Wildman–Crippen LogP) is 7.76. The van der Waals surface area contributed by atoms with E-state index in [-0.39, 0.29) is 37.0 Å². The summed E-state index contributed by atoms with van der Waals surface area (Å²) in [6, 6.07) is 5.36. The van der Waals surface area contributed by atoms with Crippen molar-refractivity contribution in [1.82, 2.24) is 0 Å². The molecule has 0 radical (unpaired) electrons. The Morgan fingerprint density at radius 2 is 1.15 bits per heavy atom. The zero-order chi connectivity index (χ0) is 27.3. The van der Waals surface area contributed by atoms with Gasteiger partial charge in [0, 0.05) is 6.61 Å². The van der Waals surface area contributed by atoms with E-state index >= 15 is 0 Å². The van der Waals surface area contributed by atoms with Crippen LogP contribution in [0.25, 0.3) is 0 Å². The SMILES string of the molecule is O=C(OC1CCC[C@H]2CCCC[C@@H]12)c1cc(COC2CCCCO2)cc(C(=O)OC2CCC[C@H]3CCCC[C@@H]23)c1. The van der Waals surface area contributed by atoms with Gasteiger partial charge in [-0.25, -0.2) is 9.59 Å². The van der Waals surface area contributed by atoms with E-state index < -0.39 is 0 Å². The Morgan fingerprint density at radius 3 is 1.70 bits per heavy atom. The van der Waals surface area contributed by atoms with Crippen molar-refractivity contribution in [3.63, 3.8) is 0 Å². The minimum Gasteiger partial charge on any atom is -0.458 e. The van der Waals surface area contributed by atoms with Gasteiger partial charge in [0.05, 0.1) is 17.7 Å². The number of carbonyl (C=O) groups excluding carboxylic acids is 2. The average Bonchev–Trinajstić information content (AvgIpc) is 3.01. The van der Waals surface area contributed by atoms with E-state index in [0.717, 1.165) is 63.4 Å². The molecule has 5 aliphatic rings. The lowest BCUT2D eigenvalue weighted by molar-refractivity contribution is -0.168. The highest BCUT2D eigenvalue weighted by Crippen LogP contribution is 2.43. The van der Waals surface area contributed by atoms with Crippen LogP contribution in [0.15, 0.2) is 18.2 Å². The lowest BCUT2D eigenvalue weighted by Crippen LogP contribution is -2.38. The van der Waals surface area contributed by atoms with Gasteiger partial charge in [-0.3, -0.25) is 0 Å². The van der Waals surface area contributed by atoms with Gasteiger partial charge in [0.15, 0.2) is 6.29 Å². The van der Waals surface area contributed by atoms with E-state index in [1.165, 1.54) is 51.4 Å². The van der Waals surface area contributed by atoms with Gasteiger partial charge >= 0.3 is 11.9 Å². The van der Waals surface area contributed by atoms with Crippen molar-refractivity contribution in [1.29, 1.82) is 0 Å². The second-order valence-electron chi connectivity index (χ2n) is 13.2. The molecule has 4 saturated carbocycles. The molecule has 220 valence electrons. The minimum absolute atomic E-state index is 0.0250. The molecule has 1 heterocycles. The summed E-state index contributed by atoms with van der Waals surface area (Å²) in [5.41, 5.74) is 1.64. The molecule has 1 saturated heterocycles. The number of rotatable bonds is 7. The number of carbonyl (C=O) groups is 2. The molecule has 0 spiro atoms. The van der Waals surface area contributed by atoms with Gasteiger partial charge in [-0.2, -0.15) is 0 Å². The number of hydrogen-bond donors (Lipinski definition) is 0. The molecule has 0 N–H and O–H groups in total. The van der Waals surface area contributed by atoms with Crippen LogP contribution in [0.1, 0.15) is 135 Å². The fourth-order valence-electron chi connectivity index (χ4n) is 8.51. The number of esters is 2. The third kappa shape index (κ3) is 6.75. The van der Waals surface area contributed by atoms with Crippen molar-refractivity contribution >= 4 is 11.9 Å². The van der Waals surface area contributed by atoms with Crippen LogP contribution >= 0.6 is 0 Å². The van der Waals surface area contributed by atoms with Crippen molar-refractivity contribution in [2.24, 2.45) is 23.7 Å². The summed E-state index contributed by atoms with van der Waals surface area (Å²) < 4.78 is 24.2. The minimum atomic E-state index is -0.328. The monoisotopic (exact) mass is 552 g/mol. The van der Waals surface area contributed by atoms with E-state index in [9.17, 15) is 9.59 Å². The van der Waals surface area contributed by atoms with Crippen molar-refractivity contribution in [2.75, 3.05) is 6.61 Å². The number of hydrogen-bond acceptors (Lipinski definition) is 6. The summed E-state index contributed by atoms with van der Waals surface area (Å²) >= 11 is 0. The molecule has 5 fully saturated rings. The summed E-state index contributed by atoms with van der Waals surface area (Å²) in [4.78, 5) is 27.1. The smallest absolute Gasteiger partial charge is 0.338 e. The Kier molecular flexibility index (Phi) is 9.43. The topological polar surface area (TPSA) is 71.1 Å². The van der Waals surface area contributed by atoms with Crippen molar-refractivity contribution in [2.45, 2.75) is 134 Å². The second kappa shape index (κ2) is 13.4. The van der Waals surface area contributed by atoms with Crippen LogP contribution in [0.4, 0.5) is 0 Å².